The molecule has 1 fully saturated rings. The van der Waals surface area contributed by atoms with Crippen molar-refractivity contribution in [3.05, 3.63) is 95.0 Å². The minimum atomic E-state index is -3.67. The number of amides is 2. The Kier molecular flexibility index (Phi) is 12.1. The lowest BCUT2D eigenvalue weighted by atomic mass is 10.0. The Morgan fingerprint density at radius 2 is 1.64 bits per heavy atom. The van der Waals surface area contributed by atoms with Crippen LogP contribution in [0.2, 0.25) is 5.02 Å². The summed E-state index contributed by atoms with van der Waals surface area (Å²) in [6.45, 7) is 2.45. The van der Waals surface area contributed by atoms with Crippen LogP contribution in [0, 0.1) is 0 Å². The summed E-state index contributed by atoms with van der Waals surface area (Å²) >= 11 is 6.54. The van der Waals surface area contributed by atoms with E-state index in [4.69, 9.17) is 16.3 Å². The fourth-order valence-electron chi connectivity index (χ4n) is 5.65. The first-order valence-electron chi connectivity index (χ1n) is 15.2. The van der Waals surface area contributed by atoms with Crippen LogP contribution in [-0.2, 0) is 32.6 Å². The summed E-state index contributed by atoms with van der Waals surface area (Å²) in [5, 5.41) is 3.71. The van der Waals surface area contributed by atoms with Gasteiger partial charge in [0.2, 0.25) is 21.8 Å². The van der Waals surface area contributed by atoms with Crippen LogP contribution in [0.4, 0.5) is 5.69 Å². The molecule has 1 N–H and O–H groups in total. The Labute approximate surface area is 266 Å². The second-order valence-electron chi connectivity index (χ2n) is 11.1. The zero-order valence-electron chi connectivity index (χ0n) is 25.5. The van der Waals surface area contributed by atoms with Gasteiger partial charge < -0.3 is 15.0 Å². The van der Waals surface area contributed by atoms with Gasteiger partial charge >= 0.3 is 0 Å². The molecule has 0 saturated heterocycles. The number of ether oxygens (including phenoxy) is 1. The van der Waals surface area contributed by atoms with E-state index in [0.29, 0.717) is 29.5 Å². The average molecular weight is 640 g/mol. The molecular formula is C34H42ClN3O5S. The van der Waals surface area contributed by atoms with E-state index in [2.05, 4.69) is 5.32 Å². The summed E-state index contributed by atoms with van der Waals surface area (Å²) in [5.74, 6) is 0.0159. The molecular weight excluding hydrogens is 598 g/mol. The Bertz CT molecular complexity index is 1500. The van der Waals surface area contributed by atoms with Crippen LogP contribution in [0.3, 0.4) is 0 Å². The van der Waals surface area contributed by atoms with E-state index < -0.39 is 16.1 Å². The van der Waals surface area contributed by atoms with Crippen molar-refractivity contribution >= 4 is 39.1 Å². The van der Waals surface area contributed by atoms with E-state index in [-0.39, 0.29) is 43.8 Å². The number of anilines is 1. The fraction of sp³-hybridized carbons (Fsp3) is 0.412. The molecule has 0 aromatic heterocycles. The number of rotatable bonds is 15. The minimum absolute atomic E-state index is 0.0370. The summed E-state index contributed by atoms with van der Waals surface area (Å²) in [6, 6.07) is 23.2. The number of carbonyl (C=O) groups is 2. The van der Waals surface area contributed by atoms with Crippen LogP contribution in [0.1, 0.15) is 56.6 Å². The van der Waals surface area contributed by atoms with Crippen LogP contribution >= 0.6 is 11.6 Å². The molecule has 4 rings (SSSR count). The smallest absolute Gasteiger partial charge is 0.243 e. The molecule has 0 heterocycles. The molecule has 0 aliphatic heterocycles. The standard InChI is InChI=1S/C34H42ClN3O5S/c1-3-43-32-21-12-11-20-30(32)38(44(2,41)42)23-13-22-33(39)37(25-27-16-7-10-19-29(27)35)31(24-26-14-5-4-6-15-26)34(40)36-28-17-8-9-18-28/h4-7,10-12,14-16,19-21,28,31H,3,8-9,13,17-18,22-25H2,1-2H3,(H,36,40)/t31-/m0/s1. The number of sulfonamides is 1. The number of hydrogen-bond donors (Lipinski definition) is 1. The van der Waals surface area contributed by atoms with E-state index in [0.717, 1.165) is 43.1 Å². The van der Waals surface area contributed by atoms with Crippen molar-refractivity contribution < 1.29 is 22.7 Å². The highest BCUT2D eigenvalue weighted by atomic mass is 35.5. The Hall–Kier alpha value is -3.56. The SMILES string of the molecule is CCOc1ccccc1N(CCCC(=O)N(Cc1ccccc1Cl)[C@@H](Cc1ccccc1)C(=O)NC1CCCC1)S(C)(=O)=O. The van der Waals surface area contributed by atoms with Gasteiger partial charge in [0.25, 0.3) is 0 Å². The third kappa shape index (κ3) is 9.22. The van der Waals surface area contributed by atoms with E-state index in [1.165, 1.54) is 4.31 Å². The molecule has 0 unspecified atom stereocenters. The number of carbonyl (C=O) groups excluding carboxylic acids is 2. The summed E-state index contributed by atoms with van der Waals surface area (Å²) < 4.78 is 32.7. The van der Waals surface area contributed by atoms with Gasteiger partial charge in [-0.15, -0.1) is 0 Å². The number of nitrogens with zero attached hydrogens (tertiary/aromatic N) is 2. The Morgan fingerprint density at radius 1 is 0.977 bits per heavy atom. The lowest BCUT2D eigenvalue weighted by Gasteiger charge is -2.33. The summed E-state index contributed by atoms with van der Waals surface area (Å²) in [7, 11) is -3.67. The second kappa shape index (κ2) is 16.0. The van der Waals surface area contributed by atoms with Gasteiger partial charge in [-0.1, -0.05) is 85.1 Å². The minimum Gasteiger partial charge on any atom is -0.492 e. The number of hydrogen-bond acceptors (Lipinski definition) is 5. The Balaban J connectivity index is 1.60. The lowest BCUT2D eigenvalue weighted by Crippen LogP contribution is -2.52. The first kappa shape index (κ1) is 33.3. The number of halogens is 1. The van der Waals surface area contributed by atoms with Crippen molar-refractivity contribution in [3.8, 4) is 5.75 Å². The average Bonchev–Trinajstić information content (AvgIpc) is 3.51. The highest BCUT2D eigenvalue weighted by Gasteiger charge is 2.32. The second-order valence-corrected chi connectivity index (χ2v) is 13.5. The summed E-state index contributed by atoms with van der Waals surface area (Å²) in [6.07, 6.45) is 5.75. The van der Waals surface area contributed by atoms with Crippen LogP contribution in [0.5, 0.6) is 5.75 Å². The molecule has 2 amide bonds. The molecule has 1 saturated carbocycles. The molecule has 0 spiro atoms. The van der Waals surface area contributed by atoms with Crippen molar-refractivity contribution in [2.24, 2.45) is 0 Å². The van der Waals surface area contributed by atoms with Crippen molar-refractivity contribution in [3.63, 3.8) is 0 Å². The molecule has 8 nitrogen and oxygen atoms in total. The van der Waals surface area contributed by atoms with E-state index in [9.17, 15) is 18.0 Å². The van der Waals surface area contributed by atoms with Crippen molar-refractivity contribution in [1.29, 1.82) is 0 Å². The maximum Gasteiger partial charge on any atom is 0.243 e. The van der Waals surface area contributed by atoms with Gasteiger partial charge in [-0.3, -0.25) is 13.9 Å². The number of para-hydroxylation sites is 2. The van der Waals surface area contributed by atoms with E-state index in [1.54, 1.807) is 35.2 Å². The van der Waals surface area contributed by atoms with Crippen LogP contribution < -0.4 is 14.4 Å². The Morgan fingerprint density at radius 3 is 2.32 bits per heavy atom. The van der Waals surface area contributed by atoms with E-state index in [1.807, 2.05) is 55.5 Å². The lowest BCUT2D eigenvalue weighted by molar-refractivity contribution is -0.141. The van der Waals surface area contributed by atoms with Crippen LogP contribution in [-0.4, -0.2) is 56.6 Å². The molecule has 10 heteroatoms. The van der Waals surface area contributed by atoms with Crippen LogP contribution in [0.15, 0.2) is 78.9 Å². The number of nitrogens with one attached hydrogen (secondary N) is 1. The molecule has 1 aliphatic rings. The van der Waals surface area contributed by atoms with Gasteiger partial charge in [0.1, 0.15) is 11.8 Å². The van der Waals surface area contributed by atoms with E-state index >= 15 is 0 Å². The third-order valence-corrected chi connectivity index (χ3v) is 9.41. The summed E-state index contributed by atoms with van der Waals surface area (Å²) in [5.41, 5.74) is 2.10. The van der Waals surface area contributed by atoms with Gasteiger partial charge in [0.15, 0.2) is 0 Å². The monoisotopic (exact) mass is 639 g/mol. The maximum atomic E-state index is 14.1. The van der Waals surface area contributed by atoms with Crippen molar-refractivity contribution in [2.45, 2.75) is 70.5 Å². The first-order chi connectivity index (χ1) is 21.2. The van der Waals surface area contributed by atoms with Gasteiger partial charge in [0, 0.05) is 37.0 Å². The zero-order chi connectivity index (χ0) is 31.5. The summed E-state index contributed by atoms with van der Waals surface area (Å²) in [4.78, 5) is 29.6. The topological polar surface area (TPSA) is 96.0 Å². The maximum absolute atomic E-state index is 14.1. The first-order valence-corrected chi connectivity index (χ1v) is 17.5. The zero-order valence-corrected chi connectivity index (χ0v) is 27.0. The molecule has 1 aliphatic carbocycles. The molecule has 44 heavy (non-hydrogen) atoms. The molecule has 0 bridgehead atoms. The molecule has 3 aromatic carbocycles. The predicted molar refractivity (Wildman–Crippen MR) is 175 cm³/mol. The molecule has 0 radical (unpaired) electrons. The largest absolute Gasteiger partial charge is 0.492 e. The third-order valence-electron chi connectivity index (χ3n) is 7.86. The quantitative estimate of drug-likeness (QED) is 0.221. The molecule has 236 valence electrons. The molecule has 1 atom stereocenters. The van der Waals surface area contributed by atoms with Gasteiger partial charge in [-0.05, 0) is 55.5 Å². The van der Waals surface area contributed by atoms with Gasteiger partial charge in [-0.2, -0.15) is 0 Å². The van der Waals surface area contributed by atoms with Gasteiger partial charge in [-0.25, -0.2) is 8.42 Å². The van der Waals surface area contributed by atoms with Gasteiger partial charge in [0.05, 0.1) is 18.6 Å². The van der Waals surface area contributed by atoms with Crippen LogP contribution in [0.25, 0.3) is 0 Å². The van der Waals surface area contributed by atoms with Crippen molar-refractivity contribution in [2.75, 3.05) is 23.7 Å². The highest BCUT2D eigenvalue weighted by molar-refractivity contribution is 7.92. The fourth-order valence-corrected chi connectivity index (χ4v) is 6.82. The normalized spacial score (nSPS) is 14.2. The highest BCUT2D eigenvalue weighted by Crippen LogP contribution is 2.30. The number of benzene rings is 3. The predicted octanol–water partition coefficient (Wildman–Crippen LogP) is 5.98. The molecule has 3 aromatic rings. The van der Waals surface area contributed by atoms with Crippen molar-refractivity contribution in [1.82, 2.24) is 10.2 Å².